The molecule has 1 heterocycles. The Morgan fingerprint density at radius 2 is 2.07 bits per heavy atom. The van der Waals surface area contributed by atoms with Gasteiger partial charge in [0.05, 0.1) is 12.7 Å². The van der Waals surface area contributed by atoms with Crippen LogP contribution < -0.4 is 0 Å². The second-order valence-corrected chi connectivity index (χ2v) is 4.95. The lowest BCUT2D eigenvalue weighted by molar-refractivity contribution is 0.0124. The van der Waals surface area contributed by atoms with Crippen LogP contribution in [0.25, 0.3) is 0 Å². The third-order valence-corrected chi connectivity index (χ3v) is 3.39. The highest BCUT2D eigenvalue weighted by molar-refractivity contribution is 6.17. The van der Waals surface area contributed by atoms with Gasteiger partial charge in [0.25, 0.3) is 0 Å². The first-order valence-corrected chi connectivity index (χ1v) is 6.69. The molecule has 0 aliphatic carbocycles. The van der Waals surface area contributed by atoms with Gasteiger partial charge in [-0.2, -0.15) is 0 Å². The van der Waals surface area contributed by atoms with Crippen molar-refractivity contribution in [2.24, 2.45) is 5.92 Å². The molecule has 1 unspecified atom stereocenters. The zero-order chi connectivity index (χ0) is 11.1. The third kappa shape index (κ3) is 5.19. The fourth-order valence-electron chi connectivity index (χ4n) is 2.04. The number of ether oxygens (including phenoxy) is 1. The molecule has 0 aromatic carbocycles. The molecular weight excluding hydrogens is 210 g/mol. The zero-order valence-corrected chi connectivity index (χ0v) is 10.8. The minimum absolute atomic E-state index is 0.455. The largest absolute Gasteiger partial charge is 0.377 e. The van der Waals surface area contributed by atoms with E-state index < -0.39 is 0 Å². The van der Waals surface area contributed by atoms with Gasteiger partial charge >= 0.3 is 0 Å². The highest BCUT2D eigenvalue weighted by Crippen LogP contribution is 2.15. The molecule has 90 valence electrons. The molecule has 2 nitrogen and oxygen atoms in total. The summed E-state index contributed by atoms with van der Waals surface area (Å²) in [5, 5.41) is 0. The molecule has 0 N–H and O–H groups in total. The molecule has 0 aromatic rings. The molecule has 0 saturated carbocycles. The summed E-state index contributed by atoms with van der Waals surface area (Å²) < 4.78 is 5.65. The van der Waals surface area contributed by atoms with Crippen molar-refractivity contribution in [3.8, 4) is 0 Å². The van der Waals surface area contributed by atoms with E-state index in [0.717, 1.165) is 5.92 Å². The van der Waals surface area contributed by atoms with Crippen LogP contribution in [-0.2, 0) is 4.74 Å². The van der Waals surface area contributed by atoms with E-state index in [9.17, 15) is 0 Å². The van der Waals surface area contributed by atoms with Gasteiger partial charge in [-0.05, 0) is 18.8 Å². The number of likely N-dealkylation sites (tertiary alicyclic amines) is 1. The number of alkyl halides is 1. The maximum absolute atomic E-state index is 5.65. The van der Waals surface area contributed by atoms with Gasteiger partial charge in [-0.25, -0.2) is 0 Å². The maximum Gasteiger partial charge on any atom is 0.0605 e. The maximum atomic E-state index is 5.65. The molecule has 1 saturated heterocycles. The molecule has 0 amide bonds. The Kier molecular flexibility index (Phi) is 6.62. The fourth-order valence-corrected chi connectivity index (χ4v) is 2.13. The van der Waals surface area contributed by atoms with Gasteiger partial charge in [-0.3, -0.25) is 0 Å². The third-order valence-electron chi connectivity index (χ3n) is 3.23. The van der Waals surface area contributed by atoms with Gasteiger partial charge < -0.3 is 9.64 Å². The van der Waals surface area contributed by atoms with Gasteiger partial charge in [0.15, 0.2) is 0 Å². The van der Waals surface area contributed by atoms with E-state index in [2.05, 4.69) is 18.7 Å². The van der Waals surface area contributed by atoms with Crippen molar-refractivity contribution in [1.82, 2.24) is 4.90 Å². The number of nitrogens with zero attached hydrogens (tertiary/aromatic N) is 1. The molecule has 1 aliphatic rings. The van der Waals surface area contributed by atoms with E-state index in [0.29, 0.717) is 18.6 Å². The summed E-state index contributed by atoms with van der Waals surface area (Å²) in [7, 11) is 0. The van der Waals surface area contributed by atoms with E-state index in [1.54, 1.807) is 0 Å². The average molecular weight is 234 g/mol. The standard InChI is InChI=1S/C12H24ClNO/c1-3-11(2)10-14-7-4-12(5-8-14)15-9-6-13/h11-12H,3-10H2,1-2H3. The zero-order valence-electron chi connectivity index (χ0n) is 10.0. The fraction of sp³-hybridized carbons (Fsp3) is 1.00. The lowest BCUT2D eigenvalue weighted by Gasteiger charge is -2.33. The van der Waals surface area contributed by atoms with Gasteiger partial charge in [0, 0.05) is 25.5 Å². The van der Waals surface area contributed by atoms with Gasteiger partial charge in [0.1, 0.15) is 0 Å². The van der Waals surface area contributed by atoms with Gasteiger partial charge in [-0.1, -0.05) is 20.3 Å². The highest BCUT2D eigenvalue weighted by atomic mass is 35.5. The van der Waals surface area contributed by atoms with Crippen molar-refractivity contribution in [3.63, 3.8) is 0 Å². The number of hydrogen-bond donors (Lipinski definition) is 0. The summed E-state index contributed by atoms with van der Waals surface area (Å²) in [6.45, 7) is 8.93. The Morgan fingerprint density at radius 1 is 1.40 bits per heavy atom. The number of halogens is 1. The summed E-state index contributed by atoms with van der Waals surface area (Å²) in [4.78, 5) is 2.56. The lowest BCUT2D eigenvalue weighted by atomic mass is 10.0. The molecule has 1 rings (SSSR count). The van der Waals surface area contributed by atoms with Crippen LogP contribution >= 0.6 is 11.6 Å². The Morgan fingerprint density at radius 3 is 2.60 bits per heavy atom. The Bertz CT molecular complexity index is 158. The Hall–Kier alpha value is 0.210. The van der Waals surface area contributed by atoms with Crippen LogP contribution in [0.4, 0.5) is 0 Å². The Balaban J connectivity index is 2.12. The first-order chi connectivity index (χ1) is 7.26. The van der Waals surface area contributed by atoms with Crippen molar-refractivity contribution in [1.29, 1.82) is 0 Å². The van der Waals surface area contributed by atoms with E-state index in [1.165, 1.54) is 38.9 Å². The summed E-state index contributed by atoms with van der Waals surface area (Å²) in [6, 6.07) is 0. The van der Waals surface area contributed by atoms with Crippen LogP contribution in [0, 0.1) is 5.92 Å². The van der Waals surface area contributed by atoms with Crippen LogP contribution in [0.3, 0.4) is 0 Å². The monoisotopic (exact) mass is 233 g/mol. The van der Waals surface area contributed by atoms with Crippen LogP contribution in [0.2, 0.25) is 0 Å². The van der Waals surface area contributed by atoms with Crippen LogP contribution in [0.5, 0.6) is 0 Å². The molecular formula is C12H24ClNO. The SMILES string of the molecule is CCC(C)CN1CCC(OCCCl)CC1. The summed E-state index contributed by atoms with van der Waals surface area (Å²) in [5.74, 6) is 1.44. The normalized spacial score (nSPS) is 21.8. The average Bonchev–Trinajstić information content (AvgIpc) is 2.28. The van der Waals surface area contributed by atoms with Crippen molar-refractivity contribution in [2.45, 2.75) is 39.2 Å². The van der Waals surface area contributed by atoms with E-state index >= 15 is 0 Å². The molecule has 0 spiro atoms. The van der Waals surface area contributed by atoms with Crippen molar-refractivity contribution in [3.05, 3.63) is 0 Å². The second-order valence-electron chi connectivity index (χ2n) is 4.57. The number of hydrogen-bond acceptors (Lipinski definition) is 2. The molecule has 0 radical (unpaired) electrons. The molecule has 1 aliphatic heterocycles. The molecule has 0 aromatic heterocycles. The minimum atomic E-state index is 0.455. The van der Waals surface area contributed by atoms with E-state index in [4.69, 9.17) is 16.3 Å². The predicted molar refractivity (Wildman–Crippen MR) is 65.6 cm³/mol. The van der Waals surface area contributed by atoms with Crippen LogP contribution in [0.1, 0.15) is 33.1 Å². The summed E-state index contributed by atoms with van der Waals surface area (Å²) in [5.41, 5.74) is 0. The second kappa shape index (κ2) is 7.48. The quantitative estimate of drug-likeness (QED) is 0.655. The highest BCUT2D eigenvalue weighted by Gasteiger charge is 2.20. The molecule has 3 heteroatoms. The van der Waals surface area contributed by atoms with Crippen molar-refractivity contribution < 1.29 is 4.74 Å². The number of rotatable bonds is 6. The first-order valence-electron chi connectivity index (χ1n) is 6.16. The minimum Gasteiger partial charge on any atom is -0.377 e. The number of piperidine rings is 1. The van der Waals surface area contributed by atoms with Gasteiger partial charge in [0.2, 0.25) is 0 Å². The predicted octanol–water partition coefficient (Wildman–Crippen LogP) is 2.75. The smallest absolute Gasteiger partial charge is 0.0605 e. The Labute approximate surface area is 98.9 Å². The molecule has 0 bridgehead atoms. The summed E-state index contributed by atoms with van der Waals surface area (Å²) in [6.07, 6.45) is 4.08. The van der Waals surface area contributed by atoms with E-state index in [1.807, 2.05) is 0 Å². The molecule has 1 fully saturated rings. The lowest BCUT2D eigenvalue weighted by Crippen LogP contribution is -2.39. The molecule has 1 atom stereocenters. The van der Waals surface area contributed by atoms with Crippen LogP contribution in [0.15, 0.2) is 0 Å². The molecule has 15 heavy (non-hydrogen) atoms. The van der Waals surface area contributed by atoms with Crippen LogP contribution in [-0.4, -0.2) is 43.1 Å². The van der Waals surface area contributed by atoms with Gasteiger partial charge in [-0.15, -0.1) is 11.6 Å². The van der Waals surface area contributed by atoms with Crippen molar-refractivity contribution in [2.75, 3.05) is 32.1 Å². The topological polar surface area (TPSA) is 12.5 Å². The first kappa shape index (κ1) is 13.3. The van der Waals surface area contributed by atoms with Crippen molar-refractivity contribution >= 4 is 11.6 Å². The summed E-state index contributed by atoms with van der Waals surface area (Å²) >= 11 is 5.60. The van der Waals surface area contributed by atoms with E-state index in [-0.39, 0.29) is 0 Å².